The van der Waals surface area contributed by atoms with Gasteiger partial charge in [0.1, 0.15) is 0 Å². The Kier molecular flexibility index (Phi) is 8.08. The van der Waals surface area contributed by atoms with Crippen molar-refractivity contribution >= 4 is 67.9 Å². The predicted octanol–water partition coefficient (Wildman–Crippen LogP) is 10.6. The third kappa shape index (κ3) is 5.30. The van der Waals surface area contributed by atoms with Gasteiger partial charge in [-0.15, -0.1) is 0 Å². The highest BCUT2D eigenvalue weighted by molar-refractivity contribution is 6.34. The van der Waals surface area contributed by atoms with Crippen LogP contribution in [0.5, 0.6) is 0 Å². The van der Waals surface area contributed by atoms with Gasteiger partial charge in [0.05, 0.1) is 33.6 Å². The molecule has 0 aromatic heterocycles. The van der Waals surface area contributed by atoms with Crippen LogP contribution >= 0.6 is 0 Å². The molecule has 7 nitrogen and oxygen atoms in total. The fourth-order valence-corrected chi connectivity index (χ4v) is 8.06. The number of nitrogens with one attached hydrogen (secondary N) is 1. The lowest BCUT2D eigenvalue weighted by atomic mass is 9.71. The molecule has 7 aromatic carbocycles. The molecule has 0 saturated heterocycles. The van der Waals surface area contributed by atoms with Crippen molar-refractivity contribution in [2.45, 2.75) is 17.8 Å². The summed E-state index contributed by atoms with van der Waals surface area (Å²) in [5, 5.41) is 5.70. The van der Waals surface area contributed by atoms with Crippen molar-refractivity contribution in [3.05, 3.63) is 179 Å². The summed E-state index contributed by atoms with van der Waals surface area (Å²) in [7, 11) is 0. The van der Waals surface area contributed by atoms with Gasteiger partial charge >= 0.3 is 12.4 Å². The van der Waals surface area contributed by atoms with Gasteiger partial charge in [-0.2, -0.15) is 26.3 Å². The van der Waals surface area contributed by atoms with Crippen LogP contribution in [0.3, 0.4) is 0 Å². The van der Waals surface area contributed by atoms with E-state index in [2.05, 4.69) is 6.07 Å². The second-order valence-electron chi connectivity index (χ2n) is 13.9. The van der Waals surface area contributed by atoms with Crippen molar-refractivity contribution in [3.63, 3.8) is 0 Å². The first-order chi connectivity index (χ1) is 27.7. The quantitative estimate of drug-likeness (QED) is 0.103. The Morgan fingerprint density at radius 2 is 0.948 bits per heavy atom. The summed E-state index contributed by atoms with van der Waals surface area (Å²) in [5.74, 6) is -4.21. The number of halogens is 6. The molecule has 0 aliphatic carbocycles. The van der Waals surface area contributed by atoms with Gasteiger partial charge in [-0.05, 0) is 88.6 Å². The molecule has 0 fully saturated rings. The Hall–Kier alpha value is -7.28. The van der Waals surface area contributed by atoms with Gasteiger partial charge in [0, 0.05) is 22.1 Å². The van der Waals surface area contributed by atoms with E-state index in [1.54, 1.807) is 12.1 Å². The van der Waals surface area contributed by atoms with Crippen molar-refractivity contribution in [1.82, 2.24) is 5.32 Å². The van der Waals surface area contributed by atoms with Crippen molar-refractivity contribution in [3.8, 4) is 0 Å². The second kappa shape index (κ2) is 12.9. The van der Waals surface area contributed by atoms with Gasteiger partial charge in [-0.25, -0.2) is 4.90 Å². The number of para-hydroxylation sites is 1. The summed E-state index contributed by atoms with van der Waals surface area (Å²) in [6.07, 6.45) is -12.2. The molecule has 0 atom stereocenters. The molecule has 0 bridgehead atoms. The summed E-state index contributed by atoms with van der Waals surface area (Å²) in [5.41, 5.74) is -7.40. The molecule has 286 valence electrons. The minimum Gasteiger partial charge on any atom is -0.309 e. The zero-order chi connectivity index (χ0) is 40.7. The first-order valence-electron chi connectivity index (χ1n) is 17.7. The highest BCUT2D eigenvalue weighted by Crippen LogP contribution is 2.57. The number of amides is 4. The number of carbonyl (C=O) groups excluding carboxylic acids is 4. The van der Waals surface area contributed by atoms with E-state index in [9.17, 15) is 19.2 Å². The molecule has 1 N–H and O–H groups in total. The third-order valence-corrected chi connectivity index (χ3v) is 10.7. The van der Waals surface area contributed by atoms with Crippen LogP contribution in [0.1, 0.15) is 52.6 Å². The zero-order valence-electron chi connectivity index (χ0n) is 29.7. The minimum atomic E-state index is -6.08. The van der Waals surface area contributed by atoms with E-state index in [4.69, 9.17) is 0 Å². The highest BCUT2D eigenvalue weighted by atomic mass is 19.4. The largest absolute Gasteiger partial charge is 0.411 e. The van der Waals surface area contributed by atoms with Crippen LogP contribution in [-0.2, 0) is 5.41 Å². The van der Waals surface area contributed by atoms with Crippen LogP contribution in [0.2, 0.25) is 0 Å². The standard InChI is InChI=1S/C45H25F6N3O4/c46-44(47,48)43(45(49,50)51,27-14-20-34-36(23-27)40(56)52-39(34)55)28-15-21-35-37(24-28)42(58)54(41(35)57)31-18-16-30(17-19-31)53(29-10-2-1-3-11-29)38-32-12-6-4-8-25(32)22-26-9-5-7-13-33(26)38/h1-24H,(H,52,55,56). The van der Waals surface area contributed by atoms with Crippen LogP contribution in [0.25, 0.3) is 21.5 Å². The van der Waals surface area contributed by atoms with Gasteiger partial charge in [0.2, 0.25) is 5.41 Å². The van der Waals surface area contributed by atoms with E-state index < -0.39 is 69.2 Å². The SMILES string of the molecule is O=C1NC(=O)c2cc(C(c3ccc4c(c3)C(=O)N(c3ccc(N(c5ccccc5)c5c6ccccc6cc6ccccc56)cc3)C4=O)(C(F)(F)F)C(F)(F)F)ccc21. The maximum Gasteiger partial charge on any atom is 0.411 e. The third-order valence-electron chi connectivity index (χ3n) is 10.7. The molecular weight excluding hydrogens is 761 g/mol. The van der Waals surface area contributed by atoms with E-state index >= 15 is 26.3 Å². The molecule has 0 unspecified atom stereocenters. The minimum absolute atomic E-state index is 0.0273. The molecule has 7 aromatic rings. The summed E-state index contributed by atoms with van der Waals surface area (Å²) < 4.78 is 90.6. The Bertz CT molecular complexity index is 2820. The summed E-state index contributed by atoms with van der Waals surface area (Å²) >= 11 is 0. The number of carbonyl (C=O) groups is 4. The first-order valence-corrected chi connectivity index (χ1v) is 17.7. The van der Waals surface area contributed by atoms with Crippen LogP contribution in [0.4, 0.5) is 49.1 Å². The lowest BCUT2D eigenvalue weighted by molar-refractivity contribution is -0.288. The monoisotopic (exact) mass is 785 g/mol. The number of fused-ring (bicyclic) bond motifs is 4. The fourth-order valence-electron chi connectivity index (χ4n) is 8.06. The molecule has 58 heavy (non-hydrogen) atoms. The van der Waals surface area contributed by atoms with Crippen molar-refractivity contribution in [2.75, 3.05) is 9.80 Å². The lowest BCUT2D eigenvalue weighted by Gasteiger charge is -2.38. The number of imide groups is 2. The average molecular weight is 786 g/mol. The second-order valence-corrected chi connectivity index (χ2v) is 13.9. The van der Waals surface area contributed by atoms with E-state index in [0.29, 0.717) is 40.9 Å². The molecule has 9 rings (SSSR count). The molecule has 13 heteroatoms. The molecule has 0 saturated carbocycles. The van der Waals surface area contributed by atoms with E-state index in [0.717, 1.165) is 39.0 Å². The molecule has 2 aliphatic rings. The summed E-state index contributed by atoms with van der Waals surface area (Å²) in [4.78, 5) is 54.8. The lowest BCUT2D eigenvalue weighted by Crippen LogP contribution is -2.55. The van der Waals surface area contributed by atoms with Gasteiger partial charge in [-0.3, -0.25) is 24.5 Å². The van der Waals surface area contributed by atoms with Crippen LogP contribution in [0.15, 0.2) is 146 Å². The van der Waals surface area contributed by atoms with Gasteiger partial charge in [-0.1, -0.05) is 78.9 Å². The number of hydrogen-bond acceptors (Lipinski definition) is 5. The topological polar surface area (TPSA) is 86.8 Å². The molecule has 2 heterocycles. The predicted molar refractivity (Wildman–Crippen MR) is 205 cm³/mol. The van der Waals surface area contributed by atoms with Crippen molar-refractivity contribution in [2.24, 2.45) is 0 Å². The smallest absolute Gasteiger partial charge is 0.309 e. The Balaban J connectivity index is 1.14. The van der Waals surface area contributed by atoms with E-state index in [1.165, 1.54) is 12.1 Å². The molecular formula is C45H25F6N3O4. The maximum absolute atomic E-state index is 15.1. The number of hydrogen-bond donors (Lipinski definition) is 1. The van der Waals surface area contributed by atoms with E-state index in [-0.39, 0.29) is 11.3 Å². The number of benzene rings is 7. The fraction of sp³-hybridized carbons (Fsp3) is 0.0667. The van der Waals surface area contributed by atoms with Gasteiger partial charge in [0.15, 0.2) is 0 Å². The maximum atomic E-state index is 15.1. The number of alkyl halides is 6. The number of anilines is 4. The number of rotatable bonds is 6. The average Bonchev–Trinajstić information content (AvgIpc) is 3.63. The van der Waals surface area contributed by atoms with Gasteiger partial charge < -0.3 is 4.90 Å². The van der Waals surface area contributed by atoms with Gasteiger partial charge in [0.25, 0.3) is 23.6 Å². The van der Waals surface area contributed by atoms with Crippen LogP contribution < -0.4 is 15.1 Å². The highest BCUT2D eigenvalue weighted by Gasteiger charge is 2.73. The van der Waals surface area contributed by atoms with Crippen LogP contribution in [0, 0.1) is 0 Å². The number of nitrogens with zero attached hydrogens (tertiary/aromatic N) is 2. The Labute approximate surface area is 324 Å². The zero-order valence-corrected chi connectivity index (χ0v) is 29.7. The van der Waals surface area contributed by atoms with Crippen molar-refractivity contribution < 1.29 is 45.5 Å². The Morgan fingerprint density at radius 1 is 0.466 bits per heavy atom. The Morgan fingerprint density at radius 3 is 1.53 bits per heavy atom. The van der Waals surface area contributed by atoms with E-state index in [1.807, 2.05) is 89.1 Å². The normalized spacial score (nSPS) is 14.3. The molecule has 0 spiro atoms. The summed E-state index contributed by atoms with van der Waals surface area (Å²) in [6, 6.07) is 36.9. The molecule has 2 aliphatic heterocycles. The van der Waals surface area contributed by atoms with Crippen LogP contribution in [-0.4, -0.2) is 36.0 Å². The molecule has 0 radical (unpaired) electrons. The van der Waals surface area contributed by atoms with Crippen molar-refractivity contribution in [1.29, 1.82) is 0 Å². The molecule has 4 amide bonds. The first kappa shape index (κ1) is 36.4. The summed E-state index contributed by atoms with van der Waals surface area (Å²) in [6.45, 7) is 0.